The molecule has 0 unspecified atom stereocenters. The molecule has 1 aromatic carbocycles. The lowest BCUT2D eigenvalue weighted by atomic mass is 10.3. The van der Waals surface area contributed by atoms with E-state index >= 15 is 0 Å². The first-order chi connectivity index (χ1) is 9.76. The van der Waals surface area contributed by atoms with Gasteiger partial charge < -0.3 is 10.6 Å². The first-order valence-corrected chi connectivity index (χ1v) is 6.75. The molecule has 0 bridgehead atoms. The molecule has 0 fully saturated rings. The van der Waals surface area contributed by atoms with Crippen LogP contribution in [0.2, 0.25) is 0 Å². The molecule has 0 aliphatic heterocycles. The van der Waals surface area contributed by atoms with Gasteiger partial charge in [-0.1, -0.05) is 18.2 Å². The van der Waals surface area contributed by atoms with Crippen LogP contribution in [0.5, 0.6) is 0 Å². The Morgan fingerprint density at radius 2 is 1.95 bits per heavy atom. The molecule has 2 aromatic rings. The van der Waals surface area contributed by atoms with Gasteiger partial charge in [-0.15, -0.1) is 0 Å². The maximum absolute atomic E-state index is 5.96. The van der Waals surface area contributed by atoms with Crippen molar-refractivity contribution in [3.8, 4) is 5.69 Å². The SMILES string of the molecule is CCN(CC)C(N)=NCc1ncnn1-c1ccccc1. The van der Waals surface area contributed by atoms with Crippen molar-refractivity contribution in [2.75, 3.05) is 13.1 Å². The third kappa shape index (κ3) is 3.14. The molecule has 0 amide bonds. The van der Waals surface area contributed by atoms with Crippen LogP contribution in [-0.4, -0.2) is 38.7 Å². The van der Waals surface area contributed by atoms with Crippen LogP contribution in [0, 0.1) is 0 Å². The van der Waals surface area contributed by atoms with E-state index in [1.807, 2.05) is 35.2 Å². The monoisotopic (exact) mass is 272 g/mol. The Balaban J connectivity index is 2.16. The second kappa shape index (κ2) is 6.70. The zero-order valence-electron chi connectivity index (χ0n) is 11.9. The fraction of sp³-hybridized carbons (Fsp3) is 0.357. The van der Waals surface area contributed by atoms with E-state index in [0.717, 1.165) is 24.6 Å². The van der Waals surface area contributed by atoms with E-state index in [1.165, 1.54) is 6.33 Å². The molecule has 106 valence electrons. The Morgan fingerprint density at radius 3 is 2.60 bits per heavy atom. The molecule has 0 atom stereocenters. The predicted molar refractivity (Wildman–Crippen MR) is 79.6 cm³/mol. The Morgan fingerprint density at radius 1 is 1.25 bits per heavy atom. The Kier molecular flexibility index (Phi) is 4.70. The van der Waals surface area contributed by atoms with Gasteiger partial charge in [0.2, 0.25) is 0 Å². The van der Waals surface area contributed by atoms with E-state index in [-0.39, 0.29) is 0 Å². The van der Waals surface area contributed by atoms with Gasteiger partial charge in [0.1, 0.15) is 12.9 Å². The summed E-state index contributed by atoms with van der Waals surface area (Å²) in [4.78, 5) is 10.6. The van der Waals surface area contributed by atoms with Gasteiger partial charge in [0.25, 0.3) is 0 Å². The number of aliphatic imine (C=N–C) groups is 1. The second-order valence-electron chi connectivity index (χ2n) is 4.27. The Labute approximate surface area is 119 Å². The summed E-state index contributed by atoms with van der Waals surface area (Å²) in [6.45, 7) is 6.21. The zero-order valence-corrected chi connectivity index (χ0v) is 11.9. The first kappa shape index (κ1) is 14.0. The highest BCUT2D eigenvalue weighted by Gasteiger charge is 2.07. The smallest absolute Gasteiger partial charge is 0.191 e. The molecule has 1 heterocycles. The Bertz CT molecular complexity index is 556. The summed E-state index contributed by atoms with van der Waals surface area (Å²) in [6, 6.07) is 9.87. The van der Waals surface area contributed by atoms with Crippen molar-refractivity contribution < 1.29 is 0 Å². The zero-order chi connectivity index (χ0) is 14.4. The molecular formula is C14H20N6. The standard InChI is InChI=1S/C14H20N6/c1-3-19(4-2)14(15)16-10-13-17-11-18-20(13)12-8-6-5-7-9-12/h5-9,11H,3-4,10H2,1-2H3,(H2,15,16). The fourth-order valence-electron chi connectivity index (χ4n) is 1.96. The molecule has 0 saturated heterocycles. The molecule has 0 aliphatic rings. The van der Waals surface area contributed by atoms with Gasteiger partial charge in [0.15, 0.2) is 11.8 Å². The molecule has 0 saturated carbocycles. The number of hydrogen-bond donors (Lipinski definition) is 1. The van der Waals surface area contributed by atoms with E-state index in [9.17, 15) is 0 Å². The topological polar surface area (TPSA) is 72.3 Å². The summed E-state index contributed by atoms with van der Waals surface area (Å²) in [5.41, 5.74) is 6.93. The number of para-hydroxylation sites is 1. The van der Waals surface area contributed by atoms with Crippen LogP contribution in [-0.2, 0) is 6.54 Å². The van der Waals surface area contributed by atoms with Crippen molar-refractivity contribution in [1.82, 2.24) is 19.7 Å². The summed E-state index contributed by atoms with van der Waals surface area (Å²) < 4.78 is 1.78. The van der Waals surface area contributed by atoms with E-state index in [1.54, 1.807) is 4.68 Å². The maximum Gasteiger partial charge on any atom is 0.191 e. The van der Waals surface area contributed by atoms with Gasteiger partial charge >= 0.3 is 0 Å². The van der Waals surface area contributed by atoms with E-state index in [0.29, 0.717) is 12.5 Å². The number of guanidine groups is 1. The van der Waals surface area contributed by atoms with Crippen LogP contribution in [0.1, 0.15) is 19.7 Å². The molecule has 2 rings (SSSR count). The van der Waals surface area contributed by atoms with Crippen molar-refractivity contribution in [2.24, 2.45) is 10.7 Å². The largest absolute Gasteiger partial charge is 0.370 e. The van der Waals surface area contributed by atoms with Crippen LogP contribution in [0.3, 0.4) is 0 Å². The van der Waals surface area contributed by atoms with E-state index < -0.39 is 0 Å². The van der Waals surface area contributed by atoms with Crippen molar-refractivity contribution >= 4 is 5.96 Å². The molecular weight excluding hydrogens is 252 g/mol. The average Bonchev–Trinajstić information content (AvgIpc) is 2.95. The number of hydrogen-bond acceptors (Lipinski definition) is 3. The lowest BCUT2D eigenvalue weighted by Crippen LogP contribution is -2.37. The van der Waals surface area contributed by atoms with Gasteiger partial charge in [0, 0.05) is 13.1 Å². The first-order valence-electron chi connectivity index (χ1n) is 6.75. The number of rotatable bonds is 5. The van der Waals surface area contributed by atoms with E-state index in [4.69, 9.17) is 5.73 Å². The quantitative estimate of drug-likeness (QED) is 0.660. The molecule has 1 aromatic heterocycles. The molecule has 6 nitrogen and oxygen atoms in total. The number of benzene rings is 1. The molecule has 0 spiro atoms. The van der Waals surface area contributed by atoms with Gasteiger partial charge in [-0.3, -0.25) is 0 Å². The molecule has 0 aliphatic carbocycles. The summed E-state index contributed by atoms with van der Waals surface area (Å²) >= 11 is 0. The van der Waals surface area contributed by atoms with Gasteiger partial charge in [-0.05, 0) is 26.0 Å². The lowest BCUT2D eigenvalue weighted by molar-refractivity contribution is 0.457. The summed E-state index contributed by atoms with van der Waals surface area (Å²) in [7, 11) is 0. The van der Waals surface area contributed by atoms with Crippen LogP contribution < -0.4 is 5.73 Å². The van der Waals surface area contributed by atoms with Crippen molar-refractivity contribution in [3.63, 3.8) is 0 Å². The van der Waals surface area contributed by atoms with Crippen molar-refractivity contribution in [1.29, 1.82) is 0 Å². The number of nitrogens with zero attached hydrogens (tertiary/aromatic N) is 5. The molecule has 0 radical (unpaired) electrons. The predicted octanol–water partition coefficient (Wildman–Crippen LogP) is 1.42. The van der Waals surface area contributed by atoms with Crippen LogP contribution in [0.4, 0.5) is 0 Å². The summed E-state index contributed by atoms with van der Waals surface area (Å²) in [5, 5.41) is 4.23. The van der Waals surface area contributed by atoms with Crippen LogP contribution in [0.15, 0.2) is 41.7 Å². The highest BCUT2D eigenvalue weighted by atomic mass is 15.3. The number of aromatic nitrogens is 3. The maximum atomic E-state index is 5.96. The average molecular weight is 272 g/mol. The third-order valence-electron chi connectivity index (χ3n) is 3.09. The van der Waals surface area contributed by atoms with Crippen LogP contribution in [0.25, 0.3) is 5.69 Å². The van der Waals surface area contributed by atoms with Gasteiger partial charge in [-0.25, -0.2) is 14.7 Å². The summed E-state index contributed by atoms with van der Waals surface area (Å²) in [6.07, 6.45) is 1.53. The third-order valence-corrected chi connectivity index (χ3v) is 3.09. The Hall–Kier alpha value is -2.37. The minimum absolute atomic E-state index is 0.414. The molecule has 6 heteroatoms. The van der Waals surface area contributed by atoms with Gasteiger partial charge in [0.05, 0.1) is 5.69 Å². The summed E-state index contributed by atoms with van der Waals surface area (Å²) in [5.74, 6) is 1.31. The van der Waals surface area contributed by atoms with Crippen molar-refractivity contribution in [3.05, 3.63) is 42.5 Å². The highest BCUT2D eigenvalue weighted by molar-refractivity contribution is 5.77. The second-order valence-corrected chi connectivity index (χ2v) is 4.27. The highest BCUT2D eigenvalue weighted by Crippen LogP contribution is 2.08. The van der Waals surface area contributed by atoms with E-state index in [2.05, 4.69) is 28.9 Å². The molecule has 2 N–H and O–H groups in total. The molecule has 20 heavy (non-hydrogen) atoms. The minimum atomic E-state index is 0.414. The minimum Gasteiger partial charge on any atom is -0.370 e. The normalized spacial score (nSPS) is 11.6. The van der Waals surface area contributed by atoms with Crippen LogP contribution >= 0.6 is 0 Å². The number of nitrogens with two attached hydrogens (primary N) is 1. The lowest BCUT2D eigenvalue weighted by Gasteiger charge is -2.19. The fourth-order valence-corrected chi connectivity index (χ4v) is 1.96. The van der Waals surface area contributed by atoms with Gasteiger partial charge in [-0.2, -0.15) is 5.10 Å². The van der Waals surface area contributed by atoms with Crippen molar-refractivity contribution in [2.45, 2.75) is 20.4 Å².